The Kier molecular flexibility index (Phi) is 5.52. The summed E-state index contributed by atoms with van der Waals surface area (Å²) in [5, 5.41) is 9.17. The highest BCUT2D eigenvalue weighted by Gasteiger charge is 2.09. The summed E-state index contributed by atoms with van der Waals surface area (Å²) in [7, 11) is 2.08. The van der Waals surface area contributed by atoms with E-state index in [4.69, 9.17) is 5.11 Å². The lowest BCUT2D eigenvalue weighted by Crippen LogP contribution is -2.24. The van der Waals surface area contributed by atoms with E-state index in [1.165, 1.54) is 5.56 Å². The van der Waals surface area contributed by atoms with E-state index in [0.29, 0.717) is 5.56 Å². The van der Waals surface area contributed by atoms with Crippen LogP contribution in [0.3, 0.4) is 0 Å². The molecule has 0 radical (unpaired) electrons. The van der Waals surface area contributed by atoms with E-state index in [2.05, 4.69) is 36.2 Å². The molecule has 0 aromatic heterocycles. The first-order chi connectivity index (χ1) is 10.2. The summed E-state index contributed by atoms with van der Waals surface area (Å²) in [5.74, 6) is -0.850. The van der Waals surface area contributed by atoms with Crippen molar-refractivity contribution in [1.82, 2.24) is 4.90 Å². The van der Waals surface area contributed by atoms with E-state index in [1.54, 1.807) is 12.1 Å². The van der Waals surface area contributed by atoms with Crippen molar-refractivity contribution in [3.8, 4) is 0 Å². The van der Waals surface area contributed by atoms with Gasteiger partial charge in [0, 0.05) is 13.1 Å². The average molecular weight is 283 g/mol. The lowest BCUT2D eigenvalue weighted by molar-refractivity contribution is 0.0695. The van der Waals surface area contributed by atoms with Crippen LogP contribution < -0.4 is 0 Å². The molecule has 0 aliphatic heterocycles. The summed E-state index contributed by atoms with van der Waals surface area (Å²) in [6.45, 7) is 1.83. The van der Waals surface area contributed by atoms with Crippen molar-refractivity contribution in [1.29, 1.82) is 0 Å². The molecule has 0 amide bonds. The second-order valence-corrected chi connectivity index (χ2v) is 5.25. The normalized spacial score (nSPS) is 10.8. The number of hydrogen-bond donors (Lipinski definition) is 1. The molecule has 0 fully saturated rings. The smallest absolute Gasteiger partial charge is 0.335 e. The molecular formula is C18H21NO2. The minimum Gasteiger partial charge on any atom is -0.478 e. The molecule has 1 N–H and O–H groups in total. The zero-order valence-corrected chi connectivity index (χ0v) is 12.3. The second kappa shape index (κ2) is 7.60. The van der Waals surface area contributed by atoms with E-state index >= 15 is 0 Å². The summed E-state index contributed by atoms with van der Waals surface area (Å²) in [5.41, 5.74) is 2.64. The molecule has 2 rings (SSSR count). The molecule has 0 heterocycles. The van der Waals surface area contributed by atoms with Gasteiger partial charge in [0.15, 0.2) is 0 Å². The average Bonchev–Trinajstić information content (AvgIpc) is 2.52. The third-order valence-corrected chi connectivity index (χ3v) is 3.64. The highest BCUT2D eigenvalue weighted by Crippen LogP contribution is 2.10. The van der Waals surface area contributed by atoms with Gasteiger partial charge in [0.25, 0.3) is 0 Å². The van der Waals surface area contributed by atoms with Crippen LogP contribution >= 0.6 is 0 Å². The highest BCUT2D eigenvalue weighted by atomic mass is 16.4. The van der Waals surface area contributed by atoms with E-state index < -0.39 is 5.97 Å². The lowest BCUT2D eigenvalue weighted by atomic mass is 10.0. The molecule has 2 aromatic rings. The van der Waals surface area contributed by atoms with Gasteiger partial charge in [-0.2, -0.15) is 0 Å². The fourth-order valence-corrected chi connectivity index (χ4v) is 2.33. The van der Waals surface area contributed by atoms with Gasteiger partial charge in [-0.25, -0.2) is 4.79 Å². The van der Waals surface area contributed by atoms with Gasteiger partial charge >= 0.3 is 5.97 Å². The largest absolute Gasteiger partial charge is 0.478 e. The SMILES string of the molecule is CN(CCc1ccccc1)CCc1ccccc1C(=O)O. The first kappa shape index (κ1) is 15.3. The van der Waals surface area contributed by atoms with Gasteiger partial charge in [-0.3, -0.25) is 0 Å². The van der Waals surface area contributed by atoms with Crippen LogP contribution in [0, 0.1) is 0 Å². The van der Waals surface area contributed by atoms with Crippen LogP contribution in [-0.4, -0.2) is 36.1 Å². The van der Waals surface area contributed by atoms with E-state index in [9.17, 15) is 4.79 Å². The molecule has 0 aliphatic rings. The Morgan fingerprint density at radius 2 is 1.57 bits per heavy atom. The maximum absolute atomic E-state index is 11.2. The molecule has 0 saturated carbocycles. The Bertz CT molecular complexity index is 581. The summed E-state index contributed by atoms with van der Waals surface area (Å²) in [6, 6.07) is 17.6. The molecule has 21 heavy (non-hydrogen) atoms. The molecular weight excluding hydrogens is 262 g/mol. The summed E-state index contributed by atoms with van der Waals surface area (Å²) >= 11 is 0. The van der Waals surface area contributed by atoms with E-state index in [-0.39, 0.29) is 0 Å². The van der Waals surface area contributed by atoms with Crippen LogP contribution in [0.15, 0.2) is 54.6 Å². The van der Waals surface area contributed by atoms with Crippen molar-refractivity contribution in [2.45, 2.75) is 12.8 Å². The predicted octanol–water partition coefficient (Wildman–Crippen LogP) is 3.10. The molecule has 2 aromatic carbocycles. The van der Waals surface area contributed by atoms with Crippen molar-refractivity contribution in [2.24, 2.45) is 0 Å². The number of nitrogens with zero attached hydrogens (tertiary/aromatic N) is 1. The molecule has 3 heteroatoms. The summed E-state index contributed by atoms with van der Waals surface area (Å²) < 4.78 is 0. The van der Waals surface area contributed by atoms with Gasteiger partial charge in [0.1, 0.15) is 0 Å². The van der Waals surface area contributed by atoms with Gasteiger partial charge in [-0.05, 0) is 37.1 Å². The monoisotopic (exact) mass is 283 g/mol. The number of carboxylic acids is 1. The molecule has 0 spiro atoms. The predicted molar refractivity (Wildman–Crippen MR) is 84.7 cm³/mol. The van der Waals surface area contributed by atoms with Gasteiger partial charge in [-0.1, -0.05) is 48.5 Å². The third kappa shape index (κ3) is 4.72. The van der Waals surface area contributed by atoms with Gasteiger partial charge in [0.2, 0.25) is 0 Å². The summed E-state index contributed by atoms with van der Waals surface area (Å²) in [4.78, 5) is 13.4. The minimum absolute atomic E-state index is 0.411. The minimum atomic E-state index is -0.850. The fourth-order valence-electron chi connectivity index (χ4n) is 2.33. The lowest BCUT2D eigenvalue weighted by Gasteiger charge is -2.17. The molecule has 0 aliphatic carbocycles. The number of aromatic carboxylic acids is 1. The molecule has 110 valence electrons. The molecule has 0 bridgehead atoms. The van der Waals surface area contributed by atoms with Crippen LogP contribution in [0.5, 0.6) is 0 Å². The number of carboxylic acid groups (broad SMARTS) is 1. The Hall–Kier alpha value is -2.13. The number of likely N-dealkylation sites (N-methyl/N-ethyl adjacent to an activating group) is 1. The van der Waals surface area contributed by atoms with Crippen molar-refractivity contribution in [2.75, 3.05) is 20.1 Å². The highest BCUT2D eigenvalue weighted by molar-refractivity contribution is 5.89. The maximum Gasteiger partial charge on any atom is 0.335 e. The number of rotatable bonds is 7. The Balaban J connectivity index is 1.84. The Morgan fingerprint density at radius 3 is 2.29 bits per heavy atom. The quantitative estimate of drug-likeness (QED) is 0.849. The van der Waals surface area contributed by atoms with Gasteiger partial charge in [0.05, 0.1) is 5.56 Å². The zero-order chi connectivity index (χ0) is 15.1. The molecule has 0 atom stereocenters. The third-order valence-electron chi connectivity index (χ3n) is 3.64. The van der Waals surface area contributed by atoms with E-state index in [1.807, 2.05) is 18.2 Å². The van der Waals surface area contributed by atoms with E-state index in [0.717, 1.165) is 31.5 Å². The van der Waals surface area contributed by atoms with Crippen LogP contribution in [-0.2, 0) is 12.8 Å². The van der Waals surface area contributed by atoms with Crippen molar-refractivity contribution >= 4 is 5.97 Å². The first-order valence-corrected chi connectivity index (χ1v) is 7.20. The molecule has 3 nitrogen and oxygen atoms in total. The van der Waals surface area contributed by atoms with Gasteiger partial charge in [-0.15, -0.1) is 0 Å². The zero-order valence-electron chi connectivity index (χ0n) is 12.3. The fraction of sp³-hybridized carbons (Fsp3) is 0.278. The topological polar surface area (TPSA) is 40.5 Å². The molecule has 0 unspecified atom stereocenters. The van der Waals surface area contributed by atoms with Crippen LogP contribution in [0.2, 0.25) is 0 Å². The number of benzene rings is 2. The molecule has 0 saturated heterocycles. The number of hydrogen-bond acceptors (Lipinski definition) is 2. The summed E-state index contributed by atoms with van der Waals surface area (Å²) in [6.07, 6.45) is 1.77. The Labute approximate surface area is 125 Å². The number of carbonyl (C=O) groups is 1. The van der Waals surface area contributed by atoms with Crippen molar-refractivity contribution < 1.29 is 9.90 Å². The van der Waals surface area contributed by atoms with Crippen LogP contribution in [0.25, 0.3) is 0 Å². The van der Waals surface area contributed by atoms with Crippen LogP contribution in [0.1, 0.15) is 21.5 Å². The Morgan fingerprint density at radius 1 is 0.952 bits per heavy atom. The van der Waals surface area contributed by atoms with Gasteiger partial charge < -0.3 is 10.0 Å². The van der Waals surface area contributed by atoms with Crippen molar-refractivity contribution in [3.63, 3.8) is 0 Å². The maximum atomic E-state index is 11.2. The second-order valence-electron chi connectivity index (χ2n) is 5.25. The van der Waals surface area contributed by atoms with Crippen LogP contribution in [0.4, 0.5) is 0 Å². The van der Waals surface area contributed by atoms with Crippen molar-refractivity contribution in [3.05, 3.63) is 71.3 Å². The first-order valence-electron chi connectivity index (χ1n) is 7.20. The standard InChI is InChI=1S/C18H21NO2/c1-19(13-11-15-7-3-2-4-8-15)14-12-16-9-5-6-10-17(16)18(20)21/h2-10H,11-14H2,1H3,(H,20,21).